The molecule has 1 fully saturated rings. The molecule has 25 heavy (non-hydrogen) atoms. The van der Waals surface area contributed by atoms with Crippen LogP contribution >= 0.6 is 0 Å². The van der Waals surface area contributed by atoms with Crippen LogP contribution in [0.25, 0.3) is 0 Å². The monoisotopic (exact) mass is 342 g/mol. The highest BCUT2D eigenvalue weighted by Gasteiger charge is 2.47. The number of nitriles is 1. The highest BCUT2D eigenvalue weighted by molar-refractivity contribution is 5.82. The number of ether oxygens (including phenoxy) is 2. The number of hydrogen-bond donors (Lipinski definition) is 0. The average molecular weight is 342 g/mol. The summed E-state index contributed by atoms with van der Waals surface area (Å²) in [6, 6.07) is 11.4. The van der Waals surface area contributed by atoms with Gasteiger partial charge in [0.25, 0.3) is 0 Å². The van der Waals surface area contributed by atoms with Crippen molar-refractivity contribution < 1.29 is 19.1 Å². The van der Waals surface area contributed by atoms with Crippen molar-refractivity contribution >= 4 is 12.1 Å². The van der Waals surface area contributed by atoms with E-state index in [0.717, 1.165) is 5.56 Å². The van der Waals surface area contributed by atoms with Crippen molar-refractivity contribution in [2.45, 2.75) is 26.4 Å². The molecule has 132 valence electrons. The molecule has 1 amide bonds. The first kappa shape index (κ1) is 18.5. The maximum absolute atomic E-state index is 12.4. The molecular weight excluding hydrogens is 320 g/mol. The lowest BCUT2D eigenvalue weighted by atomic mass is 9.73. The van der Waals surface area contributed by atoms with Crippen LogP contribution in [-0.2, 0) is 20.9 Å². The van der Waals surface area contributed by atoms with Gasteiger partial charge in [0.15, 0.2) is 0 Å². The summed E-state index contributed by atoms with van der Waals surface area (Å²) in [5.41, 5.74) is 0.609. The van der Waals surface area contributed by atoms with Crippen LogP contribution in [0.2, 0.25) is 0 Å². The predicted octanol–water partition coefficient (Wildman–Crippen LogP) is 3.05. The van der Waals surface area contributed by atoms with Crippen molar-refractivity contribution in [2.75, 3.05) is 20.2 Å². The summed E-state index contributed by atoms with van der Waals surface area (Å²) in [5.74, 6) is -0.433. The number of piperidine rings is 1. The fourth-order valence-electron chi connectivity index (χ4n) is 3.13. The molecule has 2 rings (SSSR count). The molecule has 6 heteroatoms. The smallest absolute Gasteiger partial charge is 0.410 e. The second-order valence-electron chi connectivity index (χ2n) is 5.94. The van der Waals surface area contributed by atoms with E-state index in [1.165, 1.54) is 18.1 Å². The van der Waals surface area contributed by atoms with Crippen LogP contribution in [0.4, 0.5) is 4.79 Å². The Morgan fingerprint density at radius 2 is 2.08 bits per heavy atom. The summed E-state index contributed by atoms with van der Waals surface area (Å²) in [4.78, 5) is 26.3. The molecule has 0 spiro atoms. The van der Waals surface area contributed by atoms with E-state index in [1.807, 2.05) is 43.3 Å². The van der Waals surface area contributed by atoms with Gasteiger partial charge in [-0.3, -0.25) is 4.79 Å². The van der Waals surface area contributed by atoms with Gasteiger partial charge in [0.05, 0.1) is 13.2 Å². The summed E-state index contributed by atoms with van der Waals surface area (Å²) in [6.07, 6.45) is 1.81. The second kappa shape index (κ2) is 8.34. The molecule has 0 bridgehead atoms. The van der Waals surface area contributed by atoms with Crippen LogP contribution in [0, 0.1) is 16.7 Å². The number of nitrogens with zero attached hydrogens (tertiary/aromatic N) is 2. The summed E-state index contributed by atoms with van der Waals surface area (Å²) >= 11 is 0. The fraction of sp³-hybridized carbons (Fsp3) is 0.421. The summed E-state index contributed by atoms with van der Waals surface area (Å²) in [5, 5.41) is 9.00. The second-order valence-corrected chi connectivity index (χ2v) is 5.94. The molecule has 1 heterocycles. The van der Waals surface area contributed by atoms with Crippen molar-refractivity contribution in [1.82, 2.24) is 4.90 Å². The topological polar surface area (TPSA) is 79.6 Å². The van der Waals surface area contributed by atoms with E-state index >= 15 is 0 Å². The van der Waals surface area contributed by atoms with Gasteiger partial charge in [0.2, 0.25) is 0 Å². The van der Waals surface area contributed by atoms with Gasteiger partial charge in [-0.1, -0.05) is 37.3 Å². The van der Waals surface area contributed by atoms with Crippen LogP contribution in [0.3, 0.4) is 0 Å². The maximum Gasteiger partial charge on any atom is 0.410 e. The SMILES string of the molecule is CCC1(C(=O)OC)CN(C(=O)OCc2ccccc2)CC/C1=C\C#N. The molecule has 0 N–H and O–H groups in total. The normalized spacial score (nSPS) is 21.5. The van der Waals surface area contributed by atoms with Crippen molar-refractivity contribution in [3.05, 3.63) is 47.5 Å². The van der Waals surface area contributed by atoms with Gasteiger partial charge >= 0.3 is 12.1 Å². The lowest BCUT2D eigenvalue weighted by Gasteiger charge is -2.41. The van der Waals surface area contributed by atoms with E-state index in [9.17, 15) is 9.59 Å². The lowest BCUT2D eigenvalue weighted by molar-refractivity contribution is -0.152. The first-order valence-corrected chi connectivity index (χ1v) is 8.20. The Hall–Kier alpha value is -2.81. The average Bonchev–Trinajstić information content (AvgIpc) is 2.66. The molecule has 1 unspecified atom stereocenters. The zero-order chi connectivity index (χ0) is 18.3. The van der Waals surface area contributed by atoms with E-state index in [-0.39, 0.29) is 13.2 Å². The number of benzene rings is 1. The molecule has 6 nitrogen and oxygen atoms in total. The molecule has 0 radical (unpaired) electrons. The number of esters is 1. The standard InChI is InChI=1S/C19H22N2O4/c1-3-19(17(22)24-2)14-21(12-10-16(19)9-11-20)18(23)25-13-15-7-5-4-6-8-15/h4-9H,3,10,12-14H2,1-2H3/b16-9+. The highest BCUT2D eigenvalue weighted by Crippen LogP contribution is 2.39. The minimum atomic E-state index is -0.992. The lowest BCUT2D eigenvalue weighted by Crippen LogP contribution is -2.51. The molecule has 1 aromatic rings. The van der Waals surface area contributed by atoms with Gasteiger partial charge in [-0.2, -0.15) is 5.26 Å². The fourth-order valence-corrected chi connectivity index (χ4v) is 3.13. The number of amides is 1. The van der Waals surface area contributed by atoms with Crippen LogP contribution < -0.4 is 0 Å². The molecule has 1 aliphatic heterocycles. The van der Waals surface area contributed by atoms with Crippen molar-refractivity contribution in [1.29, 1.82) is 5.26 Å². The van der Waals surface area contributed by atoms with E-state index < -0.39 is 17.5 Å². The van der Waals surface area contributed by atoms with Crippen LogP contribution in [0.5, 0.6) is 0 Å². The first-order chi connectivity index (χ1) is 12.1. The molecular formula is C19H22N2O4. The summed E-state index contributed by atoms with van der Waals surface area (Å²) in [6.45, 7) is 2.58. The number of allylic oxidation sites excluding steroid dienone is 1. The minimum Gasteiger partial charge on any atom is -0.468 e. The van der Waals surface area contributed by atoms with Gasteiger partial charge in [0.1, 0.15) is 12.0 Å². The van der Waals surface area contributed by atoms with Gasteiger partial charge < -0.3 is 14.4 Å². The first-order valence-electron chi connectivity index (χ1n) is 8.20. The van der Waals surface area contributed by atoms with E-state index in [4.69, 9.17) is 14.7 Å². The third kappa shape index (κ3) is 4.00. The Labute approximate surface area is 147 Å². The molecule has 1 saturated heterocycles. The number of methoxy groups -OCH3 is 1. The zero-order valence-electron chi connectivity index (χ0n) is 14.5. The van der Waals surface area contributed by atoms with E-state index in [2.05, 4.69) is 0 Å². The molecule has 0 aromatic heterocycles. The summed E-state index contributed by atoms with van der Waals surface area (Å²) < 4.78 is 10.3. The Morgan fingerprint density at radius 3 is 2.68 bits per heavy atom. The largest absolute Gasteiger partial charge is 0.468 e. The number of hydrogen-bond acceptors (Lipinski definition) is 5. The van der Waals surface area contributed by atoms with Crippen LogP contribution in [0.1, 0.15) is 25.3 Å². The molecule has 1 aromatic carbocycles. The quantitative estimate of drug-likeness (QED) is 0.620. The number of likely N-dealkylation sites (tertiary alicyclic amines) is 1. The Bertz CT molecular complexity index is 693. The van der Waals surface area contributed by atoms with Crippen molar-refractivity contribution in [3.8, 4) is 6.07 Å². The Morgan fingerprint density at radius 1 is 1.36 bits per heavy atom. The van der Waals surface area contributed by atoms with Gasteiger partial charge in [0, 0.05) is 19.2 Å². The summed E-state index contributed by atoms with van der Waals surface area (Å²) in [7, 11) is 1.32. The number of carbonyl (C=O) groups is 2. The molecule has 0 saturated carbocycles. The predicted molar refractivity (Wildman–Crippen MR) is 91.3 cm³/mol. The zero-order valence-corrected chi connectivity index (χ0v) is 14.5. The van der Waals surface area contributed by atoms with Crippen molar-refractivity contribution in [3.63, 3.8) is 0 Å². The number of carbonyl (C=O) groups excluding carboxylic acids is 2. The van der Waals surface area contributed by atoms with E-state index in [1.54, 1.807) is 0 Å². The van der Waals surface area contributed by atoms with Crippen LogP contribution in [-0.4, -0.2) is 37.2 Å². The molecule has 1 aliphatic rings. The number of rotatable bonds is 4. The van der Waals surface area contributed by atoms with Gasteiger partial charge in [-0.25, -0.2) is 4.79 Å². The Balaban J connectivity index is 2.13. The van der Waals surface area contributed by atoms with E-state index in [0.29, 0.717) is 25.0 Å². The third-order valence-electron chi connectivity index (χ3n) is 4.61. The molecule has 0 aliphatic carbocycles. The Kier molecular flexibility index (Phi) is 6.18. The maximum atomic E-state index is 12.4. The minimum absolute atomic E-state index is 0.150. The highest BCUT2D eigenvalue weighted by atomic mass is 16.6. The van der Waals surface area contributed by atoms with Gasteiger partial charge in [-0.15, -0.1) is 0 Å². The van der Waals surface area contributed by atoms with Crippen LogP contribution in [0.15, 0.2) is 42.0 Å². The van der Waals surface area contributed by atoms with Gasteiger partial charge in [-0.05, 0) is 24.0 Å². The molecule has 1 atom stereocenters. The third-order valence-corrected chi connectivity index (χ3v) is 4.61. The van der Waals surface area contributed by atoms with Crippen molar-refractivity contribution in [2.24, 2.45) is 5.41 Å².